The van der Waals surface area contributed by atoms with E-state index in [0.717, 1.165) is 5.56 Å². The van der Waals surface area contributed by atoms with Gasteiger partial charge in [0.05, 0.1) is 12.7 Å². The molecule has 0 aliphatic rings. The lowest BCUT2D eigenvalue weighted by molar-refractivity contribution is -0.115. The van der Waals surface area contributed by atoms with Crippen LogP contribution in [0.4, 0.5) is 5.69 Å². The van der Waals surface area contributed by atoms with Gasteiger partial charge in [0.2, 0.25) is 5.91 Å². The summed E-state index contributed by atoms with van der Waals surface area (Å²) in [7, 11) is 0. The fourth-order valence-electron chi connectivity index (χ4n) is 2.75. The molecule has 0 aliphatic heterocycles. The second kappa shape index (κ2) is 10.4. The molecule has 31 heavy (non-hydrogen) atoms. The normalized spacial score (nSPS) is 9.94. The van der Waals surface area contributed by atoms with Crippen LogP contribution in [-0.2, 0) is 11.2 Å². The van der Waals surface area contributed by atoms with E-state index in [9.17, 15) is 14.4 Å². The van der Waals surface area contributed by atoms with Gasteiger partial charge in [-0.05, 0) is 35.4 Å². The third kappa shape index (κ3) is 6.26. The summed E-state index contributed by atoms with van der Waals surface area (Å²) in [5, 5.41) is 11.7. The van der Waals surface area contributed by atoms with Gasteiger partial charge in [-0.3, -0.25) is 9.59 Å². The zero-order valence-electron chi connectivity index (χ0n) is 16.4. The van der Waals surface area contributed by atoms with Crippen molar-refractivity contribution in [1.29, 1.82) is 0 Å². The van der Waals surface area contributed by atoms with Gasteiger partial charge in [0.1, 0.15) is 5.56 Å². The van der Waals surface area contributed by atoms with E-state index in [4.69, 9.17) is 5.11 Å². The van der Waals surface area contributed by atoms with Gasteiger partial charge < -0.3 is 20.4 Å². The van der Waals surface area contributed by atoms with E-state index < -0.39 is 11.5 Å². The number of aromatic amines is 2. The minimum atomic E-state index is -1.27. The Labute approximate surface area is 177 Å². The highest BCUT2D eigenvalue weighted by molar-refractivity contribution is 5.92. The Balaban J connectivity index is 0.000000478. The number of carbonyl (C=O) groups is 2. The molecule has 156 valence electrons. The van der Waals surface area contributed by atoms with E-state index in [2.05, 4.69) is 20.3 Å². The van der Waals surface area contributed by atoms with Crippen molar-refractivity contribution in [2.75, 3.05) is 5.32 Å². The molecule has 1 amide bonds. The Morgan fingerprint density at radius 2 is 1.71 bits per heavy atom. The van der Waals surface area contributed by atoms with Crippen LogP contribution < -0.4 is 10.9 Å². The second-order valence-electron chi connectivity index (χ2n) is 6.47. The molecule has 0 atom stereocenters. The summed E-state index contributed by atoms with van der Waals surface area (Å²) in [6.45, 7) is 0. The largest absolute Gasteiger partial charge is 0.477 e. The SMILES string of the molecule is O=C(Cc1ccccc1)Nc1ccc(-c2ccc(C(=O)O)c(=O)[nH]2)cc1.c1c[nH]cn1. The number of hydrogen-bond acceptors (Lipinski definition) is 4. The average Bonchev–Trinajstić information content (AvgIpc) is 3.35. The number of aromatic carboxylic acids is 1. The summed E-state index contributed by atoms with van der Waals surface area (Å²) in [4.78, 5) is 43.7. The molecule has 0 saturated carbocycles. The highest BCUT2D eigenvalue weighted by Crippen LogP contribution is 2.19. The van der Waals surface area contributed by atoms with Gasteiger partial charge in [-0.1, -0.05) is 42.5 Å². The molecule has 8 heteroatoms. The van der Waals surface area contributed by atoms with Crippen molar-refractivity contribution >= 4 is 17.6 Å². The number of hydrogen-bond donors (Lipinski definition) is 4. The number of carboxylic acids is 1. The molecule has 2 aromatic carbocycles. The monoisotopic (exact) mass is 416 g/mol. The summed E-state index contributed by atoms with van der Waals surface area (Å²) in [5.74, 6) is -1.39. The number of imidazole rings is 1. The van der Waals surface area contributed by atoms with E-state index >= 15 is 0 Å². The topological polar surface area (TPSA) is 128 Å². The molecular formula is C23H20N4O4. The minimum absolute atomic E-state index is 0.122. The third-order valence-corrected chi connectivity index (χ3v) is 4.23. The number of pyridine rings is 1. The fraction of sp³-hybridized carbons (Fsp3) is 0.0435. The molecule has 4 rings (SSSR count). The lowest BCUT2D eigenvalue weighted by atomic mass is 10.1. The van der Waals surface area contributed by atoms with E-state index in [0.29, 0.717) is 16.9 Å². The van der Waals surface area contributed by atoms with Crippen molar-refractivity contribution in [3.63, 3.8) is 0 Å². The molecule has 4 aromatic rings. The quantitative estimate of drug-likeness (QED) is 0.397. The smallest absolute Gasteiger partial charge is 0.341 e. The predicted molar refractivity (Wildman–Crippen MR) is 117 cm³/mol. The minimum Gasteiger partial charge on any atom is -0.477 e. The maximum atomic E-state index is 12.1. The van der Waals surface area contributed by atoms with Gasteiger partial charge in [0.25, 0.3) is 5.56 Å². The van der Waals surface area contributed by atoms with Gasteiger partial charge >= 0.3 is 5.97 Å². The van der Waals surface area contributed by atoms with E-state index in [1.54, 1.807) is 43.0 Å². The van der Waals surface area contributed by atoms with Gasteiger partial charge in [0.15, 0.2) is 0 Å². The number of carboxylic acid groups (broad SMARTS) is 1. The predicted octanol–water partition coefficient (Wildman–Crippen LogP) is 3.33. The van der Waals surface area contributed by atoms with Gasteiger partial charge in [0, 0.05) is 23.8 Å². The molecule has 0 saturated heterocycles. The van der Waals surface area contributed by atoms with E-state index in [1.807, 2.05) is 30.3 Å². The molecule has 0 fully saturated rings. The van der Waals surface area contributed by atoms with Gasteiger partial charge in [-0.25, -0.2) is 9.78 Å². The number of amides is 1. The number of nitrogens with zero attached hydrogens (tertiary/aromatic N) is 1. The van der Waals surface area contributed by atoms with Crippen molar-refractivity contribution in [2.24, 2.45) is 0 Å². The van der Waals surface area contributed by atoms with Crippen LogP contribution in [0.3, 0.4) is 0 Å². The number of benzene rings is 2. The summed E-state index contributed by atoms with van der Waals surface area (Å²) in [6, 6.07) is 19.2. The van der Waals surface area contributed by atoms with Crippen LogP contribution in [0.5, 0.6) is 0 Å². The van der Waals surface area contributed by atoms with Crippen LogP contribution in [-0.4, -0.2) is 31.9 Å². The first-order valence-corrected chi connectivity index (χ1v) is 9.36. The molecule has 0 aliphatic carbocycles. The Morgan fingerprint density at radius 1 is 0.968 bits per heavy atom. The first kappa shape index (κ1) is 21.3. The number of aromatic nitrogens is 3. The molecule has 8 nitrogen and oxygen atoms in total. The molecule has 0 radical (unpaired) electrons. The first-order valence-electron chi connectivity index (χ1n) is 9.36. The second-order valence-corrected chi connectivity index (χ2v) is 6.47. The van der Waals surface area contributed by atoms with Crippen molar-refractivity contribution in [2.45, 2.75) is 6.42 Å². The summed E-state index contributed by atoms with van der Waals surface area (Å²) >= 11 is 0. The van der Waals surface area contributed by atoms with Gasteiger partial charge in [-0.2, -0.15) is 0 Å². The molecule has 0 bridgehead atoms. The standard InChI is InChI=1S/C20H16N2O4.C3H4N2/c23-18(12-13-4-2-1-3-5-13)21-15-8-6-14(7-9-15)17-11-10-16(20(25)26)19(24)22-17;1-2-5-3-4-1/h1-11H,12H2,(H,21,23)(H,22,24)(H,25,26);1-3H,(H,4,5). The molecule has 2 aromatic heterocycles. The molecular weight excluding hydrogens is 396 g/mol. The lowest BCUT2D eigenvalue weighted by Crippen LogP contribution is -2.17. The number of carbonyl (C=O) groups excluding carboxylic acids is 1. The Hall–Kier alpha value is -4.46. The maximum absolute atomic E-state index is 12.1. The molecule has 0 unspecified atom stereocenters. The van der Waals surface area contributed by atoms with Gasteiger partial charge in [-0.15, -0.1) is 0 Å². The highest BCUT2D eigenvalue weighted by atomic mass is 16.4. The Bertz CT molecular complexity index is 1170. The third-order valence-electron chi connectivity index (χ3n) is 4.23. The van der Waals surface area contributed by atoms with Crippen LogP contribution >= 0.6 is 0 Å². The first-order chi connectivity index (χ1) is 15.0. The van der Waals surface area contributed by atoms with Crippen LogP contribution in [0.25, 0.3) is 11.3 Å². The van der Waals surface area contributed by atoms with Crippen LogP contribution in [0.2, 0.25) is 0 Å². The molecule has 4 N–H and O–H groups in total. The van der Waals surface area contributed by atoms with Crippen molar-refractivity contribution in [3.05, 3.63) is 107 Å². The van der Waals surface area contributed by atoms with Crippen LogP contribution in [0.1, 0.15) is 15.9 Å². The Kier molecular flexibility index (Phi) is 7.10. The average molecular weight is 416 g/mol. The van der Waals surface area contributed by atoms with Crippen molar-refractivity contribution in [1.82, 2.24) is 15.0 Å². The number of nitrogens with one attached hydrogen (secondary N) is 3. The number of H-pyrrole nitrogens is 2. The Morgan fingerprint density at radius 3 is 2.26 bits per heavy atom. The van der Waals surface area contributed by atoms with E-state index in [1.165, 1.54) is 12.1 Å². The highest BCUT2D eigenvalue weighted by Gasteiger charge is 2.10. The van der Waals surface area contributed by atoms with Crippen LogP contribution in [0, 0.1) is 0 Å². The zero-order chi connectivity index (χ0) is 22.1. The van der Waals surface area contributed by atoms with Crippen LogP contribution in [0.15, 0.2) is 90.2 Å². The maximum Gasteiger partial charge on any atom is 0.341 e. The number of anilines is 1. The van der Waals surface area contributed by atoms with E-state index in [-0.39, 0.29) is 17.9 Å². The van der Waals surface area contributed by atoms with Crippen molar-refractivity contribution < 1.29 is 14.7 Å². The number of rotatable bonds is 5. The lowest BCUT2D eigenvalue weighted by Gasteiger charge is -2.07. The van der Waals surface area contributed by atoms with Crippen molar-refractivity contribution in [3.8, 4) is 11.3 Å². The molecule has 0 spiro atoms. The summed E-state index contributed by atoms with van der Waals surface area (Å²) < 4.78 is 0. The molecule has 2 heterocycles. The zero-order valence-corrected chi connectivity index (χ0v) is 16.4. The summed E-state index contributed by atoms with van der Waals surface area (Å²) in [6.07, 6.45) is 5.37. The summed E-state index contributed by atoms with van der Waals surface area (Å²) in [5.41, 5.74) is 1.81. The fourth-order valence-corrected chi connectivity index (χ4v) is 2.75.